The molecule has 0 fully saturated rings. The number of nitrogens with one attached hydrogen (secondary N) is 1. The summed E-state index contributed by atoms with van der Waals surface area (Å²) in [6.07, 6.45) is 2.27. The third-order valence-electron chi connectivity index (χ3n) is 3.55. The topological polar surface area (TPSA) is 21.3 Å². The highest BCUT2D eigenvalue weighted by Crippen LogP contribution is 2.30. The van der Waals surface area contributed by atoms with Crippen molar-refractivity contribution in [1.82, 2.24) is 5.32 Å². The maximum Gasteiger partial charge on any atom is 0.119 e. The summed E-state index contributed by atoms with van der Waals surface area (Å²) < 4.78 is 5.74. The first-order chi connectivity index (χ1) is 10.3. The fourth-order valence-corrected chi connectivity index (χ4v) is 3.37. The monoisotopic (exact) mass is 303 g/mol. The highest BCUT2D eigenvalue weighted by molar-refractivity contribution is 7.10. The molecule has 0 aliphatic heterocycles. The van der Waals surface area contributed by atoms with Crippen molar-refractivity contribution in [2.45, 2.75) is 39.7 Å². The lowest BCUT2D eigenvalue weighted by molar-refractivity contribution is 0.309. The van der Waals surface area contributed by atoms with Gasteiger partial charge in [0.05, 0.1) is 12.6 Å². The van der Waals surface area contributed by atoms with Gasteiger partial charge in [-0.25, -0.2) is 0 Å². The minimum Gasteiger partial charge on any atom is -0.494 e. The summed E-state index contributed by atoms with van der Waals surface area (Å²) >= 11 is 1.82. The predicted octanol–water partition coefficient (Wildman–Crippen LogP) is 4.93. The van der Waals surface area contributed by atoms with E-state index in [1.807, 2.05) is 11.3 Å². The van der Waals surface area contributed by atoms with Crippen molar-refractivity contribution in [3.05, 3.63) is 51.7 Å². The summed E-state index contributed by atoms with van der Waals surface area (Å²) in [5, 5.41) is 5.75. The van der Waals surface area contributed by atoms with Gasteiger partial charge in [-0.05, 0) is 54.6 Å². The number of rotatable bonds is 8. The van der Waals surface area contributed by atoms with E-state index in [4.69, 9.17) is 4.74 Å². The molecule has 0 saturated heterocycles. The van der Waals surface area contributed by atoms with E-state index >= 15 is 0 Å². The fourth-order valence-electron chi connectivity index (χ4n) is 2.34. The third-order valence-corrected chi connectivity index (χ3v) is 4.64. The van der Waals surface area contributed by atoms with Crippen LogP contribution in [0.2, 0.25) is 0 Å². The Bertz CT molecular complexity index is 532. The quantitative estimate of drug-likeness (QED) is 0.698. The van der Waals surface area contributed by atoms with Crippen molar-refractivity contribution in [1.29, 1.82) is 0 Å². The van der Waals surface area contributed by atoms with Gasteiger partial charge in [0.1, 0.15) is 5.75 Å². The first-order valence-corrected chi connectivity index (χ1v) is 8.64. The van der Waals surface area contributed by atoms with Gasteiger partial charge >= 0.3 is 0 Å². The fraction of sp³-hybridized carbons (Fsp3) is 0.444. The van der Waals surface area contributed by atoms with Crippen LogP contribution in [0.5, 0.6) is 5.75 Å². The van der Waals surface area contributed by atoms with Crippen LogP contribution >= 0.6 is 11.3 Å². The molecule has 1 aromatic carbocycles. The highest BCUT2D eigenvalue weighted by Gasteiger charge is 2.16. The Morgan fingerprint density at radius 2 is 1.90 bits per heavy atom. The van der Waals surface area contributed by atoms with E-state index in [0.717, 1.165) is 31.7 Å². The van der Waals surface area contributed by atoms with E-state index < -0.39 is 0 Å². The molecule has 0 saturated carbocycles. The van der Waals surface area contributed by atoms with Crippen molar-refractivity contribution >= 4 is 11.3 Å². The Labute approximate surface area is 132 Å². The molecule has 0 aliphatic rings. The number of hydrogen-bond acceptors (Lipinski definition) is 3. The van der Waals surface area contributed by atoms with E-state index in [0.29, 0.717) is 0 Å². The van der Waals surface area contributed by atoms with Crippen LogP contribution in [0.25, 0.3) is 0 Å². The van der Waals surface area contributed by atoms with Gasteiger partial charge in [0.15, 0.2) is 0 Å². The van der Waals surface area contributed by atoms with E-state index in [1.165, 1.54) is 16.0 Å². The van der Waals surface area contributed by atoms with E-state index in [1.54, 1.807) is 0 Å². The summed E-state index contributed by atoms with van der Waals surface area (Å²) in [4.78, 5) is 1.40. The lowest BCUT2D eigenvalue weighted by Crippen LogP contribution is -2.21. The van der Waals surface area contributed by atoms with Crippen molar-refractivity contribution in [2.24, 2.45) is 0 Å². The number of benzene rings is 1. The molecule has 2 aromatic rings. The standard InChI is InChI=1S/C18H25NOS/c1-4-6-12-20-16-9-7-15(8-10-16)17(19-5-2)18-14(3)11-13-21-18/h7-11,13,17,19H,4-6,12H2,1-3H3. The maximum atomic E-state index is 5.74. The van der Waals surface area contributed by atoms with Gasteiger partial charge < -0.3 is 10.1 Å². The molecule has 2 nitrogen and oxygen atoms in total. The Morgan fingerprint density at radius 1 is 1.14 bits per heavy atom. The zero-order valence-electron chi connectivity index (χ0n) is 13.2. The first kappa shape index (κ1) is 16.1. The molecule has 114 valence electrons. The molecule has 1 unspecified atom stereocenters. The van der Waals surface area contributed by atoms with Crippen LogP contribution in [0, 0.1) is 6.92 Å². The van der Waals surface area contributed by atoms with Gasteiger partial charge in [-0.15, -0.1) is 11.3 Å². The summed E-state index contributed by atoms with van der Waals surface area (Å²) in [7, 11) is 0. The summed E-state index contributed by atoms with van der Waals surface area (Å²) in [6.45, 7) is 8.26. The van der Waals surface area contributed by atoms with Crippen LogP contribution in [-0.2, 0) is 0 Å². The third kappa shape index (κ3) is 4.32. The molecule has 1 heterocycles. The largest absolute Gasteiger partial charge is 0.494 e. The van der Waals surface area contributed by atoms with Gasteiger partial charge in [-0.1, -0.05) is 32.4 Å². The molecule has 0 spiro atoms. The minimum atomic E-state index is 0.277. The lowest BCUT2D eigenvalue weighted by Gasteiger charge is -2.18. The van der Waals surface area contributed by atoms with Crippen LogP contribution in [0.3, 0.4) is 0 Å². The van der Waals surface area contributed by atoms with E-state index in [2.05, 4.69) is 61.8 Å². The molecule has 1 aromatic heterocycles. The molecule has 0 radical (unpaired) electrons. The average Bonchev–Trinajstić information content (AvgIpc) is 2.92. The Kier molecular flexibility index (Phi) is 6.27. The van der Waals surface area contributed by atoms with Gasteiger partial charge in [-0.3, -0.25) is 0 Å². The van der Waals surface area contributed by atoms with Crippen molar-refractivity contribution in [3.8, 4) is 5.75 Å². The van der Waals surface area contributed by atoms with Gasteiger partial charge in [-0.2, -0.15) is 0 Å². The van der Waals surface area contributed by atoms with Crippen LogP contribution in [0.4, 0.5) is 0 Å². The Morgan fingerprint density at radius 3 is 2.48 bits per heavy atom. The second-order valence-electron chi connectivity index (χ2n) is 5.23. The molecule has 1 N–H and O–H groups in total. The van der Waals surface area contributed by atoms with Gasteiger partial charge in [0, 0.05) is 4.88 Å². The van der Waals surface area contributed by atoms with Crippen molar-refractivity contribution < 1.29 is 4.74 Å². The molecule has 2 rings (SSSR count). The average molecular weight is 303 g/mol. The minimum absolute atomic E-state index is 0.277. The van der Waals surface area contributed by atoms with Crippen LogP contribution in [-0.4, -0.2) is 13.2 Å². The first-order valence-electron chi connectivity index (χ1n) is 7.76. The summed E-state index contributed by atoms with van der Waals surface area (Å²) in [5.41, 5.74) is 2.65. The smallest absolute Gasteiger partial charge is 0.119 e. The molecular weight excluding hydrogens is 278 g/mol. The van der Waals surface area contributed by atoms with Crippen molar-refractivity contribution in [2.75, 3.05) is 13.2 Å². The zero-order valence-corrected chi connectivity index (χ0v) is 14.0. The van der Waals surface area contributed by atoms with Crippen LogP contribution in [0.1, 0.15) is 48.7 Å². The molecule has 3 heteroatoms. The Hall–Kier alpha value is -1.32. The molecule has 0 bridgehead atoms. The van der Waals surface area contributed by atoms with Crippen LogP contribution < -0.4 is 10.1 Å². The van der Waals surface area contributed by atoms with E-state index in [9.17, 15) is 0 Å². The van der Waals surface area contributed by atoms with Gasteiger partial charge in [0.25, 0.3) is 0 Å². The SMILES string of the molecule is CCCCOc1ccc(C(NCC)c2sccc2C)cc1. The number of unbranched alkanes of at least 4 members (excludes halogenated alkanes) is 1. The Balaban J connectivity index is 2.12. The normalized spacial score (nSPS) is 12.3. The number of thiophene rings is 1. The molecule has 21 heavy (non-hydrogen) atoms. The second kappa shape index (κ2) is 8.20. The second-order valence-corrected chi connectivity index (χ2v) is 6.18. The summed E-state index contributed by atoms with van der Waals surface area (Å²) in [6, 6.07) is 11.0. The predicted molar refractivity (Wildman–Crippen MR) is 91.4 cm³/mol. The van der Waals surface area contributed by atoms with Crippen molar-refractivity contribution in [3.63, 3.8) is 0 Å². The molecule has 1 atom stereocenters. The number of ether oxygens (including phenoxy) is 1. The lowest BCUT2D eigenvalue weighted by atomic mass is 10.0. The summed E-state index contributed by atoms with van der Waals surface area (Å²) in [5.74, 6) is 0.963. The zero-order chi connectivity index (χ0) is 15.1. The van der Waals surface area contributed by atoms with Crippen LogP contribution in [0.15, 0.2) is 35.7 Å². The highest BCUT2D eigenvalue weighted by atomic mass is 32.1. The molecule has 0 aliphatic carbocycles. The van der Waals surface area contributed by atoms with Gasteiger partial charge in [0.2, 0.25) is 0 Å². The molecule has 0 amide bonds. The molecular formula is C18H25NOS. The number of aryl methyl sites for hydroxylation is 1. The number of hydrogen-bond donors (Lipinski definition) is 1. The van der Waals surface area contributed by atoms with E-state index in [-0.39, 0.29) is 6.04 Å². The maximum absolute atomic E-state index is 5.74.